The largest absolute Gasteiger partial charge is 0.300 e. The van der Waals surface area contributed by atoms with E-state index >= 15 is 0 Å². The summed E-state index contributed by atoms with van der Waals surface area (Å²) in [6.45, 7) is 0. The van der Waals surface area contributed by atoms with E-state index in [2.05, 4.69) is 0 Å². The first kappa shape index (κ1) is 6.60. The van der Waals surface area contributed by atoms with Gasteiger partial charge in [0.1, 0.15) is 5.69 Å². The lowest BCUT2D eigenvalue weighted by Gasteiger charge is -2.06. The zero-order valence-corrected chi connectivity index (χ0v) is 5.77. The van der Waals surface area contributed by atoms with E-state index in [0.29, 0.717) is 10.9 Å². The highest BCUT2D eigenvalue weighted by molar-refractivity contribution is 5.53. The van der Waals surface area contributed by atoms with E-state index < -0.39 is 6.23 Å². The molecule has 1 aromatic carbocycles. The second-order valence-corrected chi connectivity index (χ2v) is 2.36. The van der Waals surface area contributed by atoms with Gasteiger partial charge in [0.2, 0.25) is 0 Å². The lowest BCUT2D eigenvalue weighted by Crippen LogP contribution is -2.17. The Kier molecular flexibility index (Phi) is 1.32. The number of hydrogen-bond acceptors (Lipinski definition) is 4. The van der Waals surface area contributed by atoms with Crippen molar-refractivity contribution in [1.82, 2.24) is 0 Å². The molecule has 2 rings (SSSR count). The Morgan fingerprint density at radius 2 is 2.18 bits per heavy atom. The van der Waals surface area contributed by atoms with Crippen LogP contribution in [0.25, 0.3) is 0 Å². The highest BCUT2D eigenvalue weighted by Gasteiger charge is 2.25. The van der Waals surface area contributed by atoms with Gasteiger partial charge in [0.15, 0.2) is 6.23 Å². The van der Waals surface area contributed by atoms with Crippen LogP contribution in [0.4, 0.5) is 5.69 Å². The summed E-state index contributed by atoms with van der Waals surface area (Å²) in [6, 6.07) is 7.21. The Bertz CT molecular complexity index is 250. The predicted octanol–water partition coefficient (Wildman–Crippen LogP) is 0.785. The summed E-state index contributed by atoms with van der Waals surface area (Å²) < 4.78 is 0. The number of anilines is 1. The Morgan fingerprint density at radius 1 is 1.45 bits per heavy atom. The maximum Gasteiger partial charge on any atom is 0.164 e. The lowest BCUT2D eigenvalue weighted by molar-refractivity contribution is -0.0647. The number of rotatable bonds is 0. The van der Waals surface area contributed by atoms with Crippen molar-refractivity contribution in [3.05, 3.63) is 29.8 Å². The molecule has 1 aliphatic heterocycles. The quantitative estimate of drug-likeness (QED) is 0.576. The van der Waals surface area contributed by atoms with Crippen LogP contribution in [0.3, 0.4) is 0 Å². The molecule has 0 spiro atoms. The summed E-state index contributed by atoms with van der Waals surface area (Å²) in [5.74, 6) is 0. The van der Waals surface area contributed by atoms with Crippen LogP contribution in [0.1, 0.15) is 11.8 Å². The fourth-order valence-corrected chi connectivity index (χ4v) is 1.12. The number of nitrogens with zero attached hydrogens (tertiary/aromatic N) is 1. The van der Waals surface area contributed by atoms with Crippen LogP contribution < -0.4 is 11.0 Å². The van der Waals surface area contributed by atoms with Gasteiger partial charge in [-0.25, -0.2) is 4.84 Å². The minimum Gasteiger partial charge on any atom is -0.300 e. The molecule has 0 amide bonds. The molecule has 1 aromatic rings. The van der Waals surface area contributed by atoms with E-state index in [-0.39, 0.29) is 0 Å². The molecule has 11 heavy (non-hydrogen) atoms. The van der Waals surface area contributed by atoms with Gasteiger partial charge in [-0.3, -0.25) is 10.9 Å². The van der Waals surface area contributed by atoms with Crippen molar-refractivity contribution in [2.24, 2.45) is 5.73 Å². The third-order valence-corrected chi connectivity index (χ3v) is 1.66. The minimum atomic E-state index is -0.545. The third-order valence-electron chi connectivity index (χ3n) is 1.66. The maximum atomic E-state index is 9.08. The van der Waals surface area contributed by atoms with Crippen LogP contribution in [0.15, 0.2) is 24.3 Å². The molecule has 1 unspecified atom stereocenters. The Labute approximate surface area is 63.7 Å². The van der Waals surface area contributed by atoms with Gasteiger partial charge in [-0.15, -0.1) is 5.23 Å². The van der Waals surface area contributed by atoms with Crippen molar-refractivity contribution in [2.75, 3.05) is 5.23 Å². The van der Waals surface area contributed by atoms with Crippen LogP contribution in [0.2, 0.25) is 0 Å². The standard InChI is InChI=1S/C7H8N2O2/c8-7-5-3-1-2-4-6(5)9(10)11-7/h1-4,7,10H,8H2. The number of fused-ring (bicyclic) bond motifs is 1. The van der Waals surface area contributed by atoms with E-state index in [0.717, 1.165) is 5.56 Å². The van der Waals surface area contributed by atoms with E-state index in [9.17, 15) is 0 Å². The summed E-state index contributed by atoms with van der Waals surface area (Å²) >= 11 is 0. The number of hydrogen-bond donors (Lipinski definition) is 2. The zero-order valence-electron chi connectivity index (χ0n) is 5.77. The topological polar surface area (TPSA) is 58.7 Å². The van der Waals surface area contributed by atoms with Crippen molar-refractivity contribution in [1.29, 1.82) is 0 Å². The average molecular weight is 152 g/mol. The van der Waals surface area contributed by atoms with Crippen LogP contribution in [-0.4, -0.2) is 5.21 Å². The second-order valence-electron chi connectivity index (χ2n) is 2.36. The van der Waals surface area contributed by atoms with Crippen LogP contribution >= 0.6 is 0 Å². The van der Waals surface area contributed by atoms with E-state index in [1.165, 1.54) is 0 Å². The third kappa shape index (κ3) is 0.883. The summed E-state index contributed by atoms with van der Waals surface area (Å²) in [6.07, 6.45) is -0.545. The molecule has 3 N–H and O–H groups in total. The SMILES string of the molecule is NC1ON(O)c2ccccc21. The Hall–Kier alpha value is -1.10. The molecule has 1 heterocycles. The molecule has 0 saturated carbocycles. The molecule has 4 heteroatoms. The van der Waals surface area contributed by atoms with Crippen LogP contribution in [0, 0.1) is 0 Å². The molecule has 0 aliphatic carbocycles. The van der Waals surface area contributed by atoms with Gasteiger partial charge >= 0.3 is 0 Å². The highest BCUT2D eigenvalue weighted by Crippen LogP contribution is 2.32. The van der Waals surface area contributed by atoms with E-state index in [1.807, 2.05) is 18.2 Å². The summed E-state index contributed by atoms with van der Waals surface area (Å²) in [4.78, 5) is 4.80. The smallest absolute Gasteiger partial charge is 0.164 e. The highest BCUT2D eigenvalue weighted by atomic mass is 16.9. The second kappa shape index (κ2) is 2.20. The van der Waals surface area contributed by atoms with Gasteiger partial charge in [-0.05, 0) is 6.07 Å². The molecule has 0 aromatic heterocycles. The molecule has 0 radical (unpaired) electrons. The molecule has 1 atom stereocenters. The van der Waals surface area contributed by atoms with Crippen LogP contribution in [-0.2, 0) is 4.84 Å². The minimum absolute atomic E-state index is 0.545. The fourth-order valence-electron chi connectivity index (χ4n) is 1.12. The molecule has 4 nitrogen and oxygen atoms in total. The molecule has 58 valence electrons. The molecule has 0 saturated heterocycles. The summed E-state index contributed by atoms with van der Waals surface area (Å²) in [5.41, 5.74) is 6.92. The molecular formula is C7H8N2O2. The monoisotopic (exact) mass is 152 g/mol. The number of para-hydroxylation sites is 1. The Morgan fingerprint density at radius 3 is 2.91 bits per heavy atom. The maximum absolute atomic E-state index is 9.08. The first-order valence-electron chi connectivity index (χ1n) is 3.29. The van der Waals surface area contributed by atoms with Crippen molar-refractivity contribution >= 4 is 5.69 Å². The summed E-state index contributed by atoms with van der Waals surface area (Å²) in [7, 11) is 0. The van der Waals surface area contributed by atoms with Crippen LogP contribution in [0.5, 0.6) is 0 Å². The lowest BCUT2D eigenvalue weighted by atomic mass is 10.2. The van der Waals surface area contributed by atoms with Gasteiger partial charge in [0.05, 0.1) is 0 Å². The zero-order chi connectivity index (χ0) is 7.84. The predicted molar refractivity (Wildman–Crippen MR) is 38.7 cm³/mol. The van der Waals surface area contributed by atoms with E-state index in [4.69, 9.17) is 15.8 Å². The molecular weight excluding hydrogens is 144 g/mol. The number of nitrogens with two attached hydrogens (primary N) is 1. The van der Waals surface area contributed by atoms with Crippen molar-refractivity contribution < 1.29 is 10.0 Å². The molecule has 1 aliphatic rings. The van der Waals surface area contributed by atoms with Gasteiger partial charge in [-0.2, -0.15) is 0 Å². The Balaban J connectivity index is 2.52. The average Bonchev–Trinajstić information content (AvgIpc) is 2.30. The van der Waals surface area contributed by atoms with Crippen molar-refractivity contribution in [3.8, 4) is 0 Å². The summed E-state index contributed by atoms with van der Waals surface area (Å²) in [5, 5.41) is 9.78. The van der Waals surface area contributed by atoms with E-state index in [1.54, 1.807) is 6.07 Å². The fraction of sp³-hybridized carbons (Fsp3) is 0.143. The normalized spacial score (nSPS) is 22.0. The first-order valence-corrected chi connectivity index (χ1v) is 3.29. The van der Waals surface area contributed by atoms with Gasteiger partial charge in [0, 0.05) is 5.56 Å². The van der Waals surface area contributed by atoms with Crippen molar-refractivity contribution in [3.63, 3.8) is 0 Å². The number of benzene rings is 1. The van der Waals surface area contributed by atoms with Gasteiger partial charge in [-0.1, -0.05) is 18.2 Å². The van der Waals surface area contributed by atoms with Gasteiger partial charge in [0.25, 0.3) is 0 Å². The molecule has 0 bridgehead atoms. The van der Waals surface area contributed by atoms with Crippen molar-refractivity contribution in [2.45, 2.75) is 6.23 Å². The first-order chi connectivity index (χ1) is 5.29. The van der Waals surface area contributed by atoms with Gasteiger partial charge < -0.3 is 0 Å². The molecule has 0 fully saturated rings.